The average Bonchev–Trinajstić information content (AvgIpc) is 1.68. The molecule has 0 saturated heterocycles. The number of hydrogen-bond acceptors (Lipinski definition) is 1. The third-order valence-corrected chi connectivity index (χ3v) is 1.28. The summed E-state index contributed by atoms with van der Waals surface area (Å²) in [5, 5.41) is 0. The summed E-state index contributed by atoms with van der Waals surface area (Å²) < 4.78 is 5.27. The van der Waals surface area contributed by atoms with Crippen molar-refractivity contribution in [2.24, 2.45) is 0 Å². The lowest BCUT2D eigenvalue weighted by atomic mass is 10.3. The second-order valence-corrected chi connectivity index (χ2v) is 2.37. The van der Waals surface area contributed by atoms with Crippen LogP contribution in [0.3, 0.4) is 0 Å². The van der Waals surface area contributed by atoms with Gasteiger partial charge < -0.3 is 4.74 Å². The van der Waals surface area contributed by atoms with E-state index in [1.807, 2.05) is 6.08 Å². The molecule has 0 N–H and O–H groups in total. The van der Waals surface area contributed by atoms with Crippen LogP contribution in [-0.4, -0.2) is 22.6 Å². The first kappa shape index (κ1) is 7.92. The summed E-state index contributed by atoms with van der Waals surface area (Å²) in [5.74, 6) is 0. The standard InChI is InChI=1S/C6H14OSi/c1-3-4-6(2)7-5-8/h3,6H,1,4-5H2,2,8H3. The van der Waals surface area contributed by atoms with Crippen molar-refractivity contribution in [1.29, 1.82) is 0 Å². The van der Waals surface area contributed by atoms with Crippen molar-refractivity contribution in [2.45, 2.75) is 19.4 Å². The van der Waals surface area contributed by atoms with Crippen LogP contribution in [0.2, 0.25) is 0 Å². The highest BCUT2D eigenvalue weighted by molar-refractivity contribution is 6.08. The Morgan fingerprint density at radius 1 is 1.88 bits per heavy atom. The SMILES string of the molecule is C=CCC(C)OC[SiH3]. The van der Waals surface area contributed by atoms with E-state index in [1.54, 1.807) is 0 Å². The van der Waals surface area contributed by atoms with E-state index < -0.39 is 0 Å². The molecule has 0 amide bonds. The van der Waals surface area contributed by atoms with Gasteiger partial charge in [0.1, 0.15) is 0 Å². The van der Waals surface area contributed by atoms with E-state index in [-0.39, 0.29) is 0 Å². The van der Waals surface area contributed by atoms with E-state index in [1.165, 1.54) is 0 Å². The van der Waals surface area contributed by atoms with Crippen molar-refractivity contribution in [3.8, 4) is 0 Å². The molecule has 8 heavy (non-hydrogen) atoms. The highest BCUT2D eigenvalue weighted by Gasteiger charge is 1.93. The predicted molar refractivity (Wildman–Crippen MR) is 40.2 cm³/mol. The van der Waals surface area contributed by atoms with Crippen LogP contribution in [0.25, 0.3) is 0 Å². The zero-order valence-corrected chi connectivity index (χ0v) is 7.68. The molecule has 0 bridgehead atoms. The molecule has 1 nitrogen and oxygen atoms in total. The maximum atomic E-state index is 5.27. The van der Waals surface area contributed by atoms with Crippen molar-refractivity contribution in [3.05, 3.63) is 12.7 Å². The van der Waals surface area contributed by atoms with E-state index in [4.69, 9.17) is 4.74 Å². The van der Waals surface area contributed by atoms with Crippen molar-refractivity contribution < 1.29 is 4.74 Å². The zero-order valence-electron chi connectivity index (χ0n) is 5.68. The molecule has 0 aromatic carbocycles. The van der Waals surface area contributed by atoms with Crippen LogP contribution in [0, 0.1) is 0 Å². The summed E-state index contributed by atoms with van der Waals surface area (Å²) in [7, 11) is 1.14. The van der Waals surface area contributed by atoms with E-state index in [0.29, 0.717) is 6.10 Å². The van der Waals surface area contributed by atoms with E-state index in [0.717, 1.165) is 22.9 Å². The Morgan fingerprint density at radius 3 is 2.88 bits per heavy atom. The summed E-state index contributed by atoms with van der Waals surface area (Å²) >= 11 is 0. The van der Waals surface area contributed by atoms with Gasteiger partial charge in [0.05, 0.1) is 6.10 Å². The zero-order chi connectivity index (χ0) is 6.41. The minimum absolute atomic E-state index is 0.380. The maximum Gasteiger partial charge on any atom is 0.0576 e. The maximum absolute atomic E-state index is 5.27. The smallest absolute Gasteiger partial charge is 0.0576 e. The first-order chi connectivity index (χ1) is 3.81. The molecule has 0 fully saturated rings. The lowest BCUT2D eigenvalue weighted by Gasteiger charge is -2.06. The Morgan fingerprint density at radius 2 is 2.50 bits per heavy atom. The molecule has 0 aromatic rings. The molecule has 0 radical (unpaired) electrons. The van der Waals surface area contributed by atoms with Crippen molar-refractivity contribution in [1.82, 2.24) is 0 Å². The van der Waals surface area contributed by atoms with Gasteiger partial charge in [0, 0.05) is 16.5 Å². The molecule has 1 atom stereocenters. The molecule has 0 aromatic heterocycles. The van der Waals surface area contributed by atoms with Gasteiger partial charge in [-0.25, -0.2) is 0 Å². The second-order valence-electron chi connectivity index (χ2n) is 1.79. The molecule has 0 rings (SSSR count). The molecule has 0 aliphatic carbocycles. The molecule has 1 unspecified atom stereocenters. The quantitative estimate of drug-likeness (QED) is 0.392. The topological polar surface area (TPSA) is 9.23 Å². The molecule has 0 aliphatic rings. The summed E-state index contributed by atoms with van der Waals surface area (Å²) in [4.78, 5) is 0. The third-order valence-electron chi connectivity index (χ3n) is 0.950. The predicted octanol–water partition coefficient (Wildman–Crippen LogP) is 0.290. The summed E-state index contributed by atoms with van der Waals surface area (Å²) in [6, 6.07) is 0. The second kappa shape index (κ2) is 5.06. The highest BCUT2D eigenvalue weighted by Crippen LogP contribution is 1.94. The molecule has 0 heterocycles. The number of ether oxygens (including phenoxy) is 1. The summed E-state index contributed by atoms with van der Waals surface area (Å²) in [5.41, 5.74) is 0. The van der Waals surface area contributed by atoms with Crippen LogP contribution in [0.4, 0.5) is 0 Å². The first-order valence-electron chi connectivity index (χ1n) is 3.03. The van der Waals surface area contributed by atoms with Crippen LogP contribution < -0.4 is 0 Å². The summed E-state index contributed by atoms with van der Waals surface area (Å²) in [6.45, 7) is 5.68. The van der Waals surface area contributed by atoms with Gasteiger partial charge in [-0.15, -0.1) is 6.58 Å². The minimum atomic E-state index is 0.380. The van der Waals surface area contributed by atoms with Gasteiger partial charge in [0.25, 0.3) is 0 Å². The molecular weight excluding hydrogens is 116 g/mol. The van der Waals surface area contributed by atoms with E-state index in [9.17, 15) is 0 Å². The van der Waals surface area contributed by atoms with Crippen molar-refractivity contribution in [3.63, 3.8) is 0 Å². The van der Waals surface area contributed by atoms with Gasteiger partial charge in [-0.2, -0.15) is 0 Å². The van der Waals surface area contributed by atoms with Crippen LogP contribution >= 0.6 is 0 Å². The Labute approximate surface area is 54.2 Å². The summed E-state index contributed by atoms with van der Waals surface area (Å²) in [6.07, 6.45) is 4.18. The average molecular weight is 130 g/mol. The monoisotopic (exact) mass is 130 g/mol. The minimum Gasteiger partial charge on any atom is -0.383 e. The normalized spacial score (nSPS) is 13.6. The Hall–Kier alpha value is -0.0831. The van der Waals surface area contributed by atoms with E-state index in [2.05, 4.69) is 13.5 Å². The fraction of sp³-hybridized carbons (Fsp3) is 0.667. The highest BCUT2D eigenvalue weighted by atomic mass is 28.1. The van der Waals surface area contributed by atoms with Gasteiger partial charge >= 0.3 is 0 Å². The third kappa shape index (κ3) is 4.09. The van der Waals surface area contributed by atoms with Crippen LogP contribution in [0.5, 0.6) is 0 Å². The molecule has 0 aliphatic heterocycles. The van der Waals surface area contributed by atoms with Gasteiger partial charge in [0.15, 0.2) is 0 Å². The van der Waals surface area contributed by atoms with Gasteiger partial charge in [0.2, 0.25) is 0 Å². The molecule has 2 heteroatoms. The van der Waals surface area contributed by atoms with Gasteiger partial charge in [-0.3, -0.25) is 0 Å². The number of rotatable bonds is 4. The molecule has 0 spiro atoms. The number of hydrogen-bond donors (Lipinski definition) is 0. The fourth-order valence-electron chi connectivity index (χ4n) is 0.587. The van der Waals surface area contributed by atoms with E-state index >= 15 is 0 Å². The van der Waals surface area contributed by atoms with Crippen LogP contribution in [-0.2, 0) is 4.74 Å². The van der Waals surface area contributed by atoms with Gasteiger partial charge in [-0.05, 0) is 13.3 Å². The van der Waals surface area contributed by atoms with Crippen molar-refractivity contribution in [2.75, 3.05) is 6.23 Å². The van der Waals surface area contributed by atoms with Crippen LogP contribution in [0.1, 0.15) is 13.3 Å². The Kier molecular flexibility index (Phi) is 5.01. The van der Waals surface area contributed by atoms with Crippen molar-refractivity contribution >= 4 is 10.2 Å². The van der Waals surface area contributed by atoms with Gasteiger partial charge in [-0.1, -0.05) is 6.08 Å². The first-order valence-corrected chi connectivity index (χ1v) is 4.45. The largest absolute Gasteiger partial charge is 0.383 e. The molecule has 0 saturated carbocycles. The molecular formula is C6H14OSi. The van der Waals surface area contributed by atoms with Crippen LogP contribution in [0.15, 0.2) is 12.7 Å². The lowest BCUT2D eigenvalue weighted by Crippen LogP contribution is -2.07. The lowest BCUT2D eigenvalue weighted by molar-refractivity contribution is 0.104. The Bertz CT molecular complexity index is 63.5. The molecule has 48 valence electrons. The fourth-order valence-corrected chi connectivity index (χ4v) is 1.16. The Balaban J connectivity index is 3.03.